The zero-order valence-electron chi connectivity index (χ0n) is 19.2. The summed E-state index contributed by atoms with van der Waals surface area (Å²) in [7, 11) is 1.52. The van der Waals surface area contributed by atoms with Gasteiger partial charge in [0.25, 0.3) is 5.91 Å². The van der Waals surface area contributed by atoms with Gasteiger partial charge in [0.05, 0.1) is 23.8 Å². The van der Waals surface area contributed by atoms with Gasteiger partial charge in [0.1, 0.15) is 0 Å². The third-order valence-corrected chi connectivity index (χ3v) is 6.85. The number of fused-ring (bicyclic) bond motifs is 1. The quantitative estimate of drug-likeness (QED) is 0.469. The third-order valence-electron chi connectivity index (χ3n) is 6.85. The summed E-state index contributed by atoms with van der Waals surface area (Å²) in [6.45, 7) is 2.05. The molecular formula is C26H28F3N3O2. The van der Waals surface area contributed by atoms with Gasteiger partial charge in [-0.1, -0.05) is 6.92 Å². The topological polar surface area (TPSA) is 64.1 Å². The number of methoxy groups -OCH3 is 1. The monoisotopic (exact) mass is 471 g/mol. The lowest BCUT2D eigenvalue weighted by atomic mass is 9.75. The summed E-state index contributed by atoms with van der Waals surface area (Å²) in [6.07, 6.45) is 3.10. The minimum absolute atomic E-state index is 0.0292. The van der Waals surface area contributed by atoms with Gasteiger partial charge in [-0.05, 0) is 79.8 Å². The van der Waals surface area contributed by atoms with E-state index in [1.165, 1.54) is 25.4 Å². The molecule has 2 heterocycles. The number of ether oxygens (including phenoxy) is 1. The van der Waals surface area contributed by atoms with Crippen molar-refractivity contribution in [2.75, 3.05) is 7.11 Å². The average Bonchev–Trinajstić information content (AvgIpc) is 2.86. The fourth-order valence-corrected chi connectivity index (χ4v) is 4.97. The Morgan fingerprint density at radius 3 is 2.50 bits per heavy atom. The highest BCUT2D eigenvalue weighted by Crippen LogP contribution is 2.41. The molecular weight excluding hydrogens is 443 g/mol. The standard InChI is InChI=1S/C26H28F3N3O2/c1-3-22(32-25(33)18-8-11-24(34-2)31-15-18)17-6-4-16(5-7-17)20-12-13-30-23-10-9-19(14-21(20)23)26(27,28)29/h8-17,22H,3-7H2,1-2H3,(H,32,33)/t16?,17?,22-/m0/s1. The van der Waals surface area contributed by atoms with Crippen LogP contribution < -0.4 is 10.1 Å². The van der Waals surface area contributed by atoms with E-state index in [0.29, 0.717) is 28.3 Å². The molecule has 8 heteroatoms. The Balaban J connectivity index is 1.44. The fourth-order valence-electron chi connectivity index (χ4n) is 4.97. The van der Waals surface area contributed by atoms with Crippen molar-refractivity contribution in [1.29, 1.82) is 0 Å². The summed E-state index contributed by atoms with van der Waals surface area (Å²) in [4.78, 5) is 21.1. The van der Waals surface area contributed by atoms with E-state index in [9.17, 15) is 18.0 Å². The molecule has 1 saturated carbocycles. The van der Waals surface area contributed by atoms with E-state index in [1.54, 1.807) is 18.3 Å². The van der Waals surface area contributed by atoms with Gasteiger partial charge in [0.15, 0.2) is 0 Å². The van der Waals surface area contributed by atoms with Gasteiger partial charge >= 0.3 is 6.18 Å². The molecule has 3 aromatic rings. The van der Waals surface area contributed by atoms with E-state index in [-0.39, 0.29) is 17.9 Å². The van der Waals surface area contributed by atoms with Crippen LogP contribution in [0.1, 0.15) is 66.4 Å². The SMILES string of the molecule is CC[C@H](NC(=O)c1ccc(OC)nc1)C1CCC(c2ccnc3ccc(C(F)(F)F)cc23)CC1. The molecule has 0 saturated heterocycles. The van der Waals surface area contributed by atoms with E-state index in [0.717, 1.165) is 43.7 Å². The van der Waals surface area contributed by atoms with Crippen LogP contribution in [0, 0.1) is 5.92 Å². The molecule has 1 atom stereocenters. The molecule has 1 aliphatic rings. The zero-order valence-corrected chi connectivity index (χ0v) is 19.2. The van der Waals surface area contributed by atoms with Crippen LogP contribution in [0.3, 0.4) is 0 Å². The van der Waals surface area contributed by atoms with E-state index in [4.69, 9.17) is 4.74 Å². The summed E-state index contributed by atoms with van der Waals surface area (Å²) in [5.41, 5.74) is 1.34. The predicted molar refractivity (Wildman–Crippen MR) is 124 cm³/mol. The van der Waals surface area contributed by atoms with Gasteiger partial charge in [-0.15, -0.1) is 0 Å². The van der Waals surface area contributed by atoms with Crippen LogP contribution in [0.15, 0.2) is 48.8 Å². The predicted octanol–water partition coefficient (Wildman–Crippen LogP) is 6.14. The van der Waals surface area contributed by atoms with Crippen LogP contribution >= 0.6 is 0 Å². The van der Waals surface area contributed by atoms with Crippen LogP contribution in [0.2, 0.25) is 0 Å². The minimum Gasteiger partial charge on any atom is -0.481 e. The molecule has 4 rings (SSSR count). The highest BCUT2D eigenvalue weighted by molar-refractivity contribution is 5.94. The molecule has 1 N–H and O–H groups in total. The average molecular weight is 472 g/mol. The first-order valence-electron chi connectivity index (χ1n) is 11.6. The number of carbonyl (C=O) groups is 1. The Labute approximate surface area is 196 Å². The van der Waals surface area contributed by atoms with Crippen LogP contribution in [0.25, 0.3) is 10.9 Å². The van der Waals surface area contributed by atoms with Crippen molar-refractivity contribution >= 4 is 16.8 Å². The molecule has 5 nitrogen and oxygen atoms in total. The number of rotatable bonds is 6. The molecule has 1 aromatic carbocycles. The van der Waals surface area contributed by atoms with Gasteiger partial charge in [-0.3, -0.25) is 9.78 Å². The zero-order chi connectivity index (χ0) is 24.3. The van der Waals surface area contributed by atoms with Crippen molar-refractivity contribution < 1.29 is 22.7 Å². The second-order valence-corrected chi connectivity index (χ2v) is 8.82. The van der Waals surface area contributed by atoms with Crippen LogP contribution in [0.4, 0.5) is 13.2 Å². The van der Waals surface area contributed by atoms with E-state index in [2.05, 4.69) is 22.2 Å². The van der Waals surface area contributed by atoms with E-state index in [1.807, 2.05) is 6.07 Å². The Hall–Kier alpha value is -3.16. The molecule has 0 spiro atoms. The third kappa shape index (κ3) is 5.16. The molecule has 0 aliphatic heterocycles. The second-order valence-electron chi connectivity index (χ2n) is 8.82. The maximum atomic E-state index is 13.3. The largest absolute Gasteiger partial charge is 0.481 e. The van der Waals surface area contributed by atoms with Crippen molar-refractivity contribution in [2.45, 2.75) is 57.2 Å². The Morgan fingerprint density at radius 2 is 1.88 bits per heavy atom. The number of nitrogens with zero attached hydrogens (tertiary/aromatic N) is 2. The number of aromatic nitrogens is 2. The van der Waals surface area contributed by atoms with Gasteiger partial charge in [-0.2, -0.15) is 13.2 Å². The van der Waals surface area contributed by atoms with Gasteiger partial charge in [0, 0.05) is 29.9 Å². The van der Waals surface area contributed by atoms with Crippen molar-refractivity contribution in [3.05, 3.63) is 65.5 Å². The molecule has 34 heavy (non-hydrogen) atoms. The summed E-state index contributed by atoms with van der Waals surface area (Å²) in [6, 6.07) is 8.98. The number of nitrogens with one attached hydrogen (secondary N) is 1. The lowest BCUT2D eigenvalue weighted by Gasteiger charge is -2.34. The summed E-state index contributed by atoms with van der Waals surface area (Å²) >= 11 is 0. The summed E-state index contributed by atoms with van der Waals surface area (Å²) in [5, 5.41) is 3.72. The van der Waals surface area contributed by atoms with Crippen LogP contribution in [-0.2, 0) is 6.18 Å². The van der Waals surface area contributed by atoms with Gasteiger partial charge < -0.3 is 10.1 Å². The number of hydrogen-bond donors (Lipinski definition) is 1. The minimum atomic E-state index is -4.38. The number of pyridine rings is 2. The molecule has 2 aromatic heterocycles. The Kier molecular flexibility index (Phi) is 7.05. The van der Waals surface area contributed by atoms with Crippen LogP contribution in [-0.4, -0.2) is 29.0 Å². The summed E-state index contributed by atoms with van der Waals surface area (Å²) < 4.78 is 44.8. The lowest BCUT2D eigenvalue weighted by molar-refractivity contribution is -0.137. The first-order valence-corrected chi connectivity index (χ1v) is 11.6. The van der Waals surface area contributed by atoms with Crippen LogP contribution in [0.5, 0.6) is 5.88 Å². The van der Waals surface area contributed by atoms with Gasteiger partial charge in [-0.25, -0.2) is 4.98 Å². The molecule has 0 radical (unpaired) electrons. The molecule has 180 valence electrons. The normalized spacial score (nSPS) is 19.6. The Morgan fingerprint density at radius 1 is 1.12 bits per heavy atom. The number of halogens is 3. The van der Waals surface area contributed by atoms with E-state index >= 15 is 0 Å². The molecule has 0 unspecified atom stereocenters. The second kappa shape index (κ2) is 9.99. The molecule has 1 aliphatic carbocycles. The first-order chi connectivity index (χ1) is 16.3. The van der Waals surface area contributed by atoms with Crippen molar-refractivity contribution in [3.63, 3.8) is 0 Å². The fraction of sp³-hybridized carbons (Fsp3) is 0.423. The number of amides is 1. The molecule has 1 fully saturated rings. The number of benzene rings is 1. The lowest BCUT2D eigenvalue weighted by Crippen LogP contribution is -2.41. The number of alkyl halides is 3. The number of carbonyl (C=O) groups excluding carboxylic acids is 1. The van der Waals surface area contributed by atoms with Crippen molar-refractivity contribution in [3.8, 4) is 5.88 Å². The summed E-state index contributed by atoms with van der Waals surface area (Å²) in [5.74, 6) is 0.774. The van der Waals surface area contributed by atoms with Crippen molar-refractivity contribution in [1.82, 2.24) is 15.3 Å². The molecule has 1 amide bonds. The highest BCUT2D eigenvalue weighted by Gasteiger charge is 2.32. The van der Waals surface area contributed by atoms with Gasteiger partial charge in [0.2, 0.25) is 5.88 Å². The smallest absolute Gasteiger partial charge is 0.416 e. The van der Waals surface area contributed by atoms with E-state index < -0.39 is 11.7 Å². The Bertz CT molecular complexity index is 1140. The first kappa shape index (κ1) is 24.0. The maximum Gasteiger partial charge on any atom is 0.416 e. The maximum absolute atomic E-state index is 13.3. The highest BCUT2D eigenvalue weighted by atomic mass is 19.4. The molecule has 0 bridgehead atoms. The number of hydrogen-bond acceptors (Lipinski definition) is 4. The van der Waals surface area contributed by atoms with Crippen molar-refractivity contribution in [2.24, 2.45) is 5.92 Å².